The van der Waals surface area contributed by atoms with Crippen molar-refractivity contribution in [1.29, 1.82) is 0 Å². The van der Waals surface area contributed by atoms with Gasteiger partial charge in [0.1, 0.15) is 17.1 Å². The van der Waals surface area contributed by atoms with Crippen LogP contribution in [0.15, 0.2) is 46.9 Å². The van der Waals surface area contributed by atoms with Crippen molar-refractivity contribution in [3.05, 3.63) is 65.3 Å². The normalized spacial score (nSPS) is 10.6. The molecule has 1 aromatic carbocycles. The van der Waals surface area contributed by atoms with Gasteiger partial charge in [-0.25, -0.2) is 4.98 Å². The van der Waals surface area contributed by atoms with Crippen LogP contribution in [0.25, 0.3) is 11.5 Å². The molecule has 2 amide bonds. The van der Waals surface area contributed by atoms with Gasteiger partial charge in [0.15, 0.2) is 0 Å². The fraction of sp³-hybridized carbons (Fsp3) is 0.167. The van der Waals surface area contributed by atoms with Crippen molar-refractivity contribution in [2.24, 2.45) is 5.73 Å². The molecule has 4 N–H and O–H groups in total. The highest BCUT2D eigenvalue weighted by molar-refractivity contribution is 5.96. The van der Waals surface area contributed by atoms with Gasteiger partial charge in [0.2, 0.25) is 5.89 Å². The lowest BCUT2D eigenvalue weighted by molar-refractivity contribution is 0.0949. The number of aryl methyl sites for hydroxylation is 1. The number of benzene rings is 1. The summed E-state index contributed by atoms with van der Waals surface area (Å²) in [6, 6.07) is 12.6. The lowest BCUT2D eigenvalue weighted by Gasteiger charge is -2.02. The van der Waals surface area contributed by atoms with Crippen LogP contribution in [0.3, 0.4) is 0 Å². The zero-order valence-corrected chi connectivity index (χ0v) is 13.7. The van der Waals surface area contributed by atoms with E-state index >= 15 is 0 Å². The van der Waals surface area contributed by atoms with E-state index in [1.165, 1.54) is 12.1 Å². The average Bonchev–Trinajstić information content (AvgIpc) is 3.23. The molecule has 2 heterocycles. The highest BCUT2D eigenvalue weighted by atomic mass is 16.4. The Balaban J connectivity index is 1.59. The van der Waals surface area contributed by atoms with Crippen molar-refractivity contribution >= 4 is 11.8 Å². The molecule has 2 aromatic heterocycles. The number of amides is 2. The van der Waals surface area contributed by atoms with Gasteiger partial charge in [0.05, 0.1) is 5.69 Å². The SMILES string of the molecule is Cc1oc(-c2ccccc2)nc1CCNC(=O)c1ccc(C(N)=O)[nH]1. The number of rotatable bonds is 6. The molecule has 7 heteroatoms. The number of primary amides is 1. The van der Waals surface area contributed by atoms with E-state index in [0.717, 1.165) is 17.0 Å². The third kappa shape index (κ3) is 3.77. The molecule has 0 spiro atoms. The molecule has 0 saturated heterocycles. The van der Waals surface area contributed by atoms with Gasteiger partial charge in [0.25, 0.3) is 11.8 Å². The molecule has 0 aliphatic rings. The first-order chi connectivity index (χ1) is 12.0. The van der Waals surface area contributed by atoms with Crippen molar-refractivity contribution in [3.63, 3.8) is 0 Å². The first-order valence-corrected chi connectivity index (χ1v) is 7.83. The van der Waals surface area contributed by atoms with Gasteiger partial charge in [-0.3, -0.25) is 9.59 Å². The van der Waals surface area contributed by atoms with E-state index in [2.05, 4.69) is 15.3 Å². The van der Waals surface area contributed by atoms with Crippen molar-refractivity contribution in [1.82, 2.24) is 15.3 Å². The summed E-state index contributed by atoms with van der Waals surface area (Å²) in [7, 11) is 0. The molecule has 128 valence electrons. The first-order valence-electron chi connectivity index (χ1n) is 7.83. The highest BCUT2D eigenvalue weighted by Gasteiger charge is 2.13. The molecule has 0 fully saturated rings. The molecular weight excluding hydrogens is 320 g/mol. The summed E-state index contributed by atoms with van der Waals surface area (Å²) in [6.45, 7) is 2.24. The minimum atomic E-state index is -0.606. The van der Waals surface area contributed by atoms with Gasteiger partial charge < -0.3 is 20.5 Å². The smallest absolute Gasteiger partial charge is 0.267 e. The molecule has 0 bridgehead atoms. The van der Waals surface area contributed by atoms with Gasteiger partial charge in [-0.1, -0.05) is 18.2 Å². The third-order valence-electron chi connectivity index (χ3n) is 3.76. The predicted molar refractivity (Wildman–Crippen MR) is 92.0 cm³/mol. The average molecular weight is 338 g/mol. The number of aromatic amines is 1. The van der Waals surface area contributed by atoms with E-state index in [1.807, 2.05) is 37.3 Å². The van der Waals surface area contributed by atoms with Crippen LogP contribution in [-0.2, 0) is 6.42 Å². The Hall–Kier alpha value is -3.35. The Labute approximate surface area is 144 Å². The van der Waals surface area contributed by atoms with Gasteiger partial charge in [-0.2, -0.15) is 0 Å². The van der Waals surface area contributed by atoms with Crippen LogP contribution < -0.4 is 11.1 Å². The predicted octanol–water partition coefficient (Wildman–Crippen LogP) is 2.05. The molecule has 3 rings (SSSR count). The number of nitrogens with zero attached hydrogens (tertiary/aromatic N) is 1. The van der Waals surface area contributed by atoms with Gasteiger partial charge in [0, 0.05) is 18.5 Å². The summed E-state index contributed by atoms with van der Waals surface area (Å²) < 4.78 is 5.69. The van der Waals surface area contributed by atoms with Crippen LogP contribution in [0, 0.1) is 6.92 Å². The minimum absolute atomic E-state index is 0.199. The summed E-state index contributed by atoms with van der Waals surface area (Å²) in [4.78, 5) is 30.2. The Morgan fingerprint density at radius 2 is 1.88 bits per heavy atom. The number of oxazole rings is 1. The van der Waals surface area contributed by atoms with Crippen LogP contribution >= 0.6 is 0 Å². The zero-order valence-electron chi connectivity index (χ0n) is 13.7. The maximum atomic E-state index is 12.0. The van der Waals surface area contributed by atoms with E-state index in [4.69, 9.17) is 10.2 Å². The summed E-state index contributed by atoms with van der Waals surface area (Å²) >= 11 is 0. The lowest BCUT2D eigenvalue weighted by atomic mass is 10.2. The van der Waals surface area contributed by atoms with Crippen molar-refractivity contribution in [2.75, 3.05) is 6.54 Å². The fourth-order valence-corrected chi connectivity index (χ4v) is 2.43. The number of carbonyl (C=O) groups excluding carboxylic acids is 2. The third-order valence-corrected chi connectivity index (χ3v) is 3.76. The number of nitrogens with two attached hydrogens (primary N) is 1. The summed E-state index contributed by atoms with van der Waals surface area (Å²) in [6.07, 6.45) is 0.539. The Kier molecular flexibility index (Phi) is 4.65. The number of nitrogens with one attached hydrogen (secondary N) is 2. The van der Waals surface area contributed by atoms with E-state index < -0.39 is 5.91 Å². The van der Waals surface area contributed by atoms with E-state index in [1.54, 1.807) is 0 Å². The quantitative estimate of drug-likeness (QED) is 0.638. The number of carbonyl (C=O) groups is 2. The Morgan fingerprint density at radius 3 is 2.56 bits per heavy atom. The molecule has 0 aliphatic heterocycles. The largest absolute Gasteiger partial charge is 0.441 e. The van der Waals surface area contributed by atoms with Crippen LogP contribution in [0.5, 0.6) is 0 Å². The van der Waals surface area contributed by atoms with Crippen LogP contribution in [0.4, 0.5) is 0 Å². The van der Waals surface area contributed by atoms with Crippen molar-refractivity contribution < 1.29 is 14.0 Å². The number of H-pyrrole nitrogens is 1. The van der Waals surface area contributed by atoms with Crippen LogP contribution in [0.1, 0.15) is 32.4 Å². The standard InChI is InChI=1S/C18H18N4O3/c1-11-13(22-18(25-11)12-5-3-2-4-6-12)9-10-20-17(24)15-8-7-14(21-15)16(19)23/h2-8,21H,9-10H2,1H3,(H2,19,23)(H,20,24). The van der Waals surface area contributed by atoms with Crippen LogP contribution in [0.2, 0.25) is 0 Å². The van der Waals surface area contributed by atoms with Gasteiger partial charge in [-0.05, 0) is 31.2 Å². The summed E-state index contributed by atoms with van der Waals surface area (Å²) in [5.41, 5.74) is 7.34. The Bertz CT molecular complexity index is 896. The lowest BCUT2D eigenvalue weighted by Crippen LogP contribution is -2.26. The number of hydrogen-bond donors (Lipinski definition) is 3. The minimum Gasteiger partial charge on any atom is -0.441 e. The molecule has 0 saturated carbocycles. The molecule has 3 aromatic rings. The Morgan fingerprint density at radius 1 is 1.16 bits per heavy atom. The molecule has 0 aliphatic carbocycles. The first kappa shape index (κ1) is 16.5. The highest BCUT2D eigenvalue weighted by Crippen LogP contribution is 2.21. The summed E-state index contributed by atoms with van der Waals surface area (Å²) in [5.74, 6) is 0.376. The van der Waals surface area contributed by atoms with E-state index in [0.29, 0.717) is 18.9 Å². The molecule has 7 nitrogen and oxygen atoms in total. The van der Waals surface area contributed by atoms with Gasteiger partial charge >= 0.3 is 0 Å². The fourth-order valence-electron chi connectivity index (χ4n) is 2.43. The monoisotopic (exact) mass is 338 g/mol. The maximum Gasteiger partial charge on any atom is 0.267 e. The van der Waals surface area contributed by atoms with E-state index in [9.17, 15) is 9.59 Å². The second-order valence-corrected chi connectivity index (χ2v) is 5.54. The maximum absolute atomic E-state index is 12.0. The molecular formula is C18H18N4O3. The second-order valence-electron chi connectivity index (χ2n) is 5.54. The van der Waals surface area contributed by atoms with E-state index in [-0.39, 0.29) is 17.3 Å². The topological polar surface area (TPSA) is 114 Å². The number of hydrogen-bond acceptors (Lipinski definition) is 4. The van der Waals surface area contributed by atoms with Crippen molar-refractivity contribution in [2.45, 2.75) is 13.3 Å². The zero-order chi connectivity index (χ0) is 17.8. The molecule has 25 heavy (non-hydrogen) atoms. The van der Waals surface area contributed by atoms with Crippen molar-refractivity contribution in [3.8, 4) is 11.5 Å². The molecule has 0 radical (unpaired) electrons. The summed E-state index contributed by atoms with van der Waals surface area (Å²) in [5, 5.41) is 2.77. The second kappa shape index (κ2) is 7.04. The number of aromatic nitrogens is 2. The molecule has 0 atom stereocenters. The van der Waals surface area contributed by atoms with Gasteiger partial charge in [-0.15, -0.1) is 0 Å². The molecule has 0 unspecified atom stereocenters. The van der Waals surface area contributed by atoms with Crippen LogP contribution in [-0.4, -0.2) is 28.3 Å².